The molecule has 0 heteroatoms. The molecule has 2 rings (SSSR count). The van der Waals surface area contributed by atoms with Crippen molar-refractivity contribution in [1.82, 2.24) is 0 Å². The van der Waals surface area contributed by atoms with Gasteiger partial charge in [-0.2, -0.15) is 0 Å². The molecule has 0 aliphatic rings. The minimum Gasteiger partial charge on any atom is -0.115 e. The third-order valence-corrected chi connectivity index (χ3v) is 3.45. The summed E-state index contributed by atoms with van der Waals surface area (Å²) >= 11 is 0. The second-order valence-corrected chi connectivity index (χ2v) is 4.99. The summed E-state index contributed by atoms with van der Waals surface area (Å²) in [5.74, 6) is 3.20. The smallest absolute Gasteiger partial charge is 0.0248 e. The van der Waals surface area contributed by atoms with Crippen molar-refractivity contribution < 1.29 is 0 Å². The van der Waals surface area contributed by atoms with E-state index in [1.165, 1.54) is 21.9 Å². The summed E-state index contributed by atoms with van der Waals surface area (Å²) in [5, 5.41) is 2.46. The van der Waals surface area contributed by atoms with Gasteiger partial charge < -0.3 is 0 Å². The van der Waals surface area contributed by atoms with Gasteiger partial charge in [-0.3, -0.25) is 0 Å². The lowest BCUT2D eigenvalue weighted by Gasteiger charge is -2.11. The van der Waals surface area contributed by atoms with Crippen molar-refractivity contribution in [3.8, 4) is 12.3 Å². The van der Waals surface area contributed by atoms with Crippen LogP contribution in [0.15, 0.2) is 48.6 Å². The van der Waals surface area contributed by atoms with Crippen LogP contribution >= 0.6 is 0 Å². The van der Waals surface area contributed by atoms with E-state index in [-0.39, 0.29) is 0 Å². The predicted octanol–water partition coefficient (Wildman–Crippen LogP) is 4.58. The lowest BCUT2D eigenvalue weighted by Crippen LogP contribution is -2.00. The maximum atomic E-state index is 5.44. The van der Waals surface area contributed by atoms with E-state index >= 15 is 0 Å². The van der Waals surface area contributed by atoms with Gasteiger partial charge in [0.05, 0.1) is 0 Å². The van der Waals surface area contributed by atoms with Crippen LogP contribution in [0, 0.1) is 18.3 Å². The van der Waals surface area contributed by atoms with Gasteiger partial charge in [0.2, 0.25) is 0 Å². The normalized spacial score (nSPS) is 12.1. The summed E-state index contributed by atoms with van der Waals surface area (Å²) in [6.07, 6.45) is 6.47. The van der Waals surface area contributed by atoms with Crippen LogP contribution in [-0.2, 0) is 6.42 Å². The SMILES string of the molecule is C#Cc1ccc2ccc(CC(C)C(=C)C)cc2c1. The number of hydrogen-bond acceptors (Lipinski definition) is 0. The van der Waals surface area contributed by atoms with Gasteiger partial charge in [0, 0.05) is 5.56 Å². The summed E-state index contributed by atoms with van der Waals surface area (Å²) in [7, 11) is 0. The highest BCUT2D eigenvalue weighted by molar-refractivity contribution is 5.84. The van der Waals surface area contributed by atoms with E-state index in [1.54, 1.807) is 0 Å². The van der Waals surface area contributed by atoms with Gasteiger partial charge in [-0.15, -0.1) is 6.42 Å². The molecule has 0 N–H and O–H groups in total. The van der Waals surface area contributed by atoms with E-state index in [9.17, 15) is 0 Å². The molecule has 0 radical (unpaired) electrons. The van der Waals surface area contributed by atoms with Crippen LogP contribution in [0.5, 0.6) is 0 Å². The van der Waals surface area contributed by atoms with Gasteiger partial charge >= 0.3 is 0 Å². The Morgan fingerprint density at radius 3 is 2.61 bits per heavy atom. The first-order chi connectivity index (χ1) is 8.60. The molecule has 18 heavy (non-hydrogen) atoms. The maximum Gasteiger partial charge on any atom is 0.0248 e. The Hall–Kier alpha value is -2.00. The summed E-state index contributed by atoms with van der Waals surface area (Å²) in [4.78, 5) is 0. The topological polar surface area (TPSA) is 0 Å². The van der Waals surface area contributed by atoms with Crippen molar-refractivity contribution in [1.29, 1.82) is 0 Å². The van der Waals surface area contributed by atoms with E-state index in [2.05, 4.69) is 56.7 Å². The average molecular weight is 234 g/mol. The molecule has 1 atom stereocenters. The zero-order valence-corrected chi connectivity index (χ0v) is 11.0. The number of allylic oxidation sites excluding steroid dienone is 1. The Balaban J connectivity index is 2.37. The van der Waals surface area contributed by atoms with Crippen molar-refractivity contribution in [3.05, 3.63) is 59.7 Å². The molecule has 2 aromatic rings. The summed E-state index contributed by atoms with van der Waals surface area (Å²) in [6, 6.07) is 12.7. The van der Waals surface area contributed by atoms with Crippen molar-refractivity contribution in [2.24, 2.45) is 5.92 Å². The summed E-state index contributed by atoms with van der Waals surface area (Å²) in [6.45, 7) is 8.31. The first kappa shape index (κ1) is 12.5. The number of hydrogen-bond donors (Lipinski definition) is 0. The molecule has 0 fully saturated rings. The highest BCUT2D eigenvalue weighted by Crippen LogP contribution is 2.21. The number of rotatable bonds is 3. The Morgan fingerprint density at radius 1 is 1.22 bits per heavy atom. The van der Waals surface area contributed by atoms with Gasteiger partial charge in [-0.1, -0.05) is 49.3 Å². The van der Waals surface area contributed by atoms with Gasteiger partial charge in [0.15, 0.2) is 0 Å². The monoisotopic (exact) mass is 234 g/mol. The lowest BCUT2D eigenvalue weighted by atomic mass is 9.94. The fraction of sp³-hybridized carbons (Fsp3) is 0.222. The van der Waals surface area contributed by atoms with Gasteiger partial charge in [-0.25, -0.2) is 0 Å². The molecule has 0 heterocycles. The van der Waals surface area contributed by atoms with Crippen LogP contribution in [0.3, 0.4) is 0 Å². The van der Waals surface area contributed by atoms with E-state index in [4.69, 9.17) is 6.42 Å². The van der Waals surface area contributed by atoms with Crippen molar-refractivity contribution in [3.63, 3.8) is 0 Å². The molecular formula is C18H18. The zero-order chi connectivity index (χ0) is 13.1. The molecule has 0 aliphatic carbocycles. The largest absolute Gasteiger partial charge is 0.115 e. The van der Waals surface area contributed by atoms with Gasteiger partial charge in [-0.05, 0) is 47.7 Å². The van der Waals surface area contributed by atoms with Crippen LogP contribution in [0.2, 0.25) is 0 Å². The second kappa shape index (κ2) is 5.10. The molecule has 0 spiro atoms. The molecule has 0 nitrogen and oxygen atoms in total. The molecule has 1 unspecified atom stereocenters. The second-order valence-electron chi connectivity index (χ2n) is 4.99. The molecule has 90 valence electrons. The average Bonchev–Trinajstić information content (AvgIpc) is 2.37. The standard InChI is InChI=1S/C18H18/c1-5-15-6-8-17-9-7-16(12-18(17)11-15)10-14(4)13(2)3/h1,6-9,11-12,14H,2,10H2,3-4H3. The Morgan fingerprint density at radius 2 is 1.94 bits per heavy atom. The van der Waals surface area contributed by atoms with Crippen molar-refractivity contribution in [2.75, 3.05) is 0 Å². The summed E-state index contributed by atoms with van der Waals surface area (Å²) in [5.41, 5.74) is 3.51. The Labute approximate surface area is 109 Å². The molecule has 2 aromatic carbocycles. The molecule has 0 bridgehead atoms. The number of fused-ring (bicyclic) bond motifs is 1. The minimum atomic E-state index is 0.512. The first-order valence-corrected chi connectivity index (χ1v) is 6.25. The van der Waals surface area contributed by atoms with Crippen LogP contribution in [0.1, 0.15) is 25.0 Å². The summed E-state index contributed by atoms with van der Waals surface area (Å²) < 4.78 is 0. The molecule has 0 aliphatic heterocycles. The first-order valence-electron chi connectivity index (χ1n) is 6.25. The highest BCUT2D eigenvalue weighted by Gasteiger charge is 2.05. The molecule has 0 aromatic heterocycles. The minimum absolute atomic E-state index is 0.512. The van der Waals surface area contributed by atoms with Crippen LogP contribution in [-0.4, -0.2) is 0 Å². The zero-order valence-electron chi connectivity index (χ0n) is 11.0. The molecule has 0 saturated heterocycles. The number of benzene rings is 2. The van der Waals surface area contributed by atoms with Crippen molar-refractivity contribution in [2.45, 2.75) is 20.3 Å². The van der Waals surface area contributed by atoms with E-state index < -0.39 is 0 Å². The highest BCUT2D eigenvalue weighted by atomic mass is 14.1. The van der Waals surface area contributed by atoms with E-state index in [0.29, 0.717) is 5.92 Å². The molecular weight excluding hydrogens is 216 g/mol. The van der Waals surface area contributed by atoms with Crippen LogP contribution in [0.25, 0.3) is 10.8 Å². The predicted molar refractivity (Wildman–Crippen MR) is 79.6 cm³/mol. The number of terminal acetylenes is 1. The Bertz CT molecular complexity index is 626. The van der Waals surface area contributed by atoms with Gasteiger partial charge in [0.25, 0.3) is 0 Å². The van der Waals surface area contributed by atoms with E-state index in [1.807, 2.05) is 6.07 Å². The fourth-order valence-electron chi connectivity index (χ4n) is 2.04. The maximum absolute atomic E-state index is 5.44. The van der Waals surface area contributed by atoms with E-state index in [0.717, 1.165) is 12.0 Å². The Kier molecular flexibility index (Phi) is 3.53. The third kappa shape index (κ3) is 2.63. The molecule has 0 amide bonds. The third-order valence-electron chi connectivity index (χ3n) is 3.45. The van der Waals surface area contributed by atoms with Crippen LogP contribution < -0.4 is 0 Å². The lowest BCUT2D eigenvalue weighted by molar-refractivity contribution is 0.681. The molecule has 0 saturated carbocycles. The fourth-order valence-corrected chi connectivity index (χ4v) is 2.04. The van der Waals surface area contributed by atoms with Crippen molar-refractivity contribution >= 4 is 10.8 Å². The van der Waals surface area contributed by atoms with Gasteiger partial charge in [0.1, 0.15) is 0 Å². The quantitative estimate of drug-likeness (QED) is 0.539. The van der Waals surface area contributed by atoms with Crippen LogP contribution in [0.4, 0.5) is 0 Å².